The van der Waals surface area contributed by atoms with Crippen molar-refractivity contribution in [1.29, 1.82) is 0 Å². The van der Waals surface area contributed by atoms with Crippen LogP contribution in [0, 0.1) is 5.82 Å². The molecule has 0 atom stereocenters. The Balaban J connectivity index is 2.28. The van der Waals surface area contributed by atoms with Crippen LogP contribution in [0.3, 0.4) is 0 Å². The molecule has 0 aliphatic carbocycles. The summed E-state index contributed by atoms with van der Waals surface area (Å²) in [4.78, 5) is 15.9. The summed E-state index contributed by atoms with van der Waals surface area (Å²) in [6.45, 7) is 0. The Bertz CT molecular complexity index is 679. The maximum Gasteiger partial charge on any atom is 0.258 e. The number of ether oxygens (including phenoxy) is 1. The Morgan fingerprint density at radius 3 is 2.81 bits per heavy atom. The normalized spacial score (nSPS) is 10.1. The quantitative estimate of drug-likeness (QED) is 0.885. The van der Waals surface area contributed by atoms with E-state index in [-0.39, 0.29) is 11.4 Å². The lowest BCUT2D eigenvalue weighted by Crippen LogP contribution is -2.15. The predicted octanol–water partition coefficient (Wildman–Crippen LogP) is 3.29. The molecule has 1 heterocycles. The predicted molar refractivity (Wildman–Crippen MR) is 82.4 cm³/mol. The van der Waals surface area contributed by atoms with Gasteiger partial charge in [0, 0.05) is 29.5 Å². The molecule has 1 aromatic carbocycles. The topological polar surface area (TPSA) is 63.2 Å². The van der Waals surface area contributed by atoms with Gasteiger partial charge in [-0.3, -0.25) is 4.79 Å². The van der Waals surface area contributed by atoms with Crippen LogP contribution in [0.15, 0.2) is 34.9 Å². The molecular weight excluding hydrogens is 341 g/mol. The van der Waals surface area contributed by atoms with E-state index in [9.17, 15) is 9.18 Å². The van der Waals surface area contributed by atoms with Gasteiger partial charge in [-0.25, -0.2) is 9.37 Å². The molecule has 2 rings (SSSR count). The number of aromatic nitrogens is 1. The molecule has 0 radical (unpaired) electrons. The third-order valence-corrected chi connectivity index (χ3v) is 3.19. The first-order valence-corrected chi connectivity index (χ1v) is 6.82. The van der Waals surface area contributed by atoms with E-state index in [0.29, 0.717) is 11.4 Å². The number of carbonyl (C=O) groups excluding carboxylic acids is 1. The van der Waals surface area contributed by atoms with Crippen molar-refractivity contribution in [3.8, 4) is 5.75 Å². The molecule has 0 bridgehead atoms. The van der Waals surface area contributed by atoms with Crippen molar-refractivity contribution in [3.05, 3.63) is 46.3 Å². The van der Waals surface area contributed by atoms with E-state index in [0.717, 1.165) is 4.47 Å². The third-order valence-electron chi connectivity index (χ3n) is 2.74. The summed E-state index contributed by atoms with van der Waals surface area (Å²) in [6.07, 6.45) is 1.37. The highest BCUT2D eigenvalue weighted by atomic mass is 79.9. The second-order valence-electron chi connectivity index (χ2n) is 4.10. The summed E-state index contributed by atoms with van der Waals surface area (Å²) in [7, 11) is 3.06. The number of nitrogens with one attached hydrogen (secondary N) is 2. The number of halogens is 2. The summed E-state index contributed by atoms with van der Waals surface area (Å²) < 4.78 is 19.9. The van der Waals surface area contributed by atoms with Crippen molar-refractivity contribution < 1.29 is 13.9 Å². The minimum absolute atomic E-state index is 0.0227. The van der Waals surface area contributed by atoms with Gasteiger partial charge < -0.3 is 15.4 Å². The summed E-state index contributed by atoms with van der Waals surface area (Å²) in [5.41, 5.74) is 0.404. The van der Waals surface area contributed by atoms with Crippen molar-refractivity contribution in [2.24, 2.45) is 0 Å². The highest BCUT2D eigenvalue weighted by Gasteiger charge is 2.16. The number of anilines is 2. The molecule has 7 heteroatoms. The van der Waals surface area contributed by atoms with E-state index in [4.69, 9.17) is 4.74 Å². The van der Waals surface area contributed by atoms with Gasteiger partial charge >= 0.3 is 0 Å². The van der Waals surface area contributed by atoms with E-state index < -0.39 is 11.7 Å². The van der Waals surface area contributed by atoms with E-state index in [1.54, 1.807) is 18.2 Å². The number of pyridine rings is 1. The number of nitrogens with zero attached hydrogens (tertiary/aromatic N) is 1. The van der Waals surface area contributed by atoms with E-state index in [1.165, 1.54) is 26.4 Å². The maximum absolute atomic E-state index is 14.0. The molecule has 0 fully saturated rings. The number of benzene rings is 1. The summed E-state index contributed by atoms with van der Waals surface area (Å²) >= 11 is 3.31. The average molecular weight is 354 g/mol. The molecule has 110 valence electrons. The Hall–Kier alpha value is -2.15. The molecule has 0 spiro atoms. The molecule has 1 amide bonds. The average Bonchev–Trinajstić information content (AvgIpc) is 2.46. The van der Waals surface area contributed by atoms with E-state index in [2.05, 4.69) is 31.5 Å². The lowest BCUT2D eigenvalue weighted by Gasteiger charge is -2.10. The second kappa shape index (κ2) is 6.53. The van der Waals surface area contributed by atoms with Crippen molar-refractivity contribution >= 4 is 33.3 Å². The molecule has 2 aromatic rings. The van der Waals surface area contributed by atoms with E-state index >= 15 is 0 Å². The van der Waals surface area contributed by atoms with Crippen molar-refractivity contribution in [3.63, 3.8) is 0 Å². The highest BCUT2D eigenvalue weighted by Crippen LogP contribution is 2.25. The van der Waals surface area contributed by atoms with Crippen LogP contribution in [0.4, 0.5) is 15.9 Å². The van der Waals surface area contributed by atoms with Crippen LogP contribution in [0.1, 0.15) is 10.4 Å². The standard InChI is InChI=1S/C14H13BrFN3O2/c1-17-13-12(16)11(3-4-18-13)14(20)19-9-5-8(15)6-10(7-9)21-2/h3-7H,1-2H3,(H,17,18)(H,19,20). The van der Waals surface area contributed by atoms with Gasteiger partial charge in [-0.05, 0) is 18.2 Å². The van der Waals surface area contributed by atoms with Crippen LogP contribution in [0.2, 0.25) is 0 Å². The molecular formula is C14H13BrFN3O2. The van der Waals surface area contributed by atoms with Crippen LogP contribution in [-0.4, -0.2) is 25.0 Å². The zero-order chi connectivity index (χ0) is 15.4. The van der Waals surface area contributed by atoms with Crippen LogP contribution < -0.4 is 15.4 Å². The monoisotopic (exact) mass is 353 g/mol. The fraction of sp³-hybridized carbons (Fsp3) is 0.143. The Morgan fingerprint density at radius 1 is 1.38 bits per heavy atom. The van der Waals surface area contributed by atoms with Crippen LogP contribution >= 0.6 is 15.9 Å². The number of amides is 1. The zero-order valence-electron chi connectivity index (χ0n) is 11.4. The molecule has 0 saturated heterocycles. The summed E-state index contributed by atoms with van der Waals surface area (Å²) in [6, 6.07) is 6.40. The number of rotatable bonds is 4. The fourth-order valence-corrected chi connectivity index (χ4v) is 2.22. The van der Waals surface area contributed by atoms with Crippen molar-refractivity contribution in [2.45, 2.75) is 0 Å². The van der Waals surface area contributed by atoms with Gasteiger partial charge in [-0.15, -0.1) is 0 Å². The summed E-state index contributed by atoms with van der Waals surface area (Å²) in [5, 5.41) is 5.21. The molecule has 1 aromatic heterocycles. The molecule has 5 nitrogen and oxygen atoms in total. The van der Waals surface area contributed by atoms with Gasteiger partial charge in [0.15, 0.2) is 11.6 Å². The first-order valence-electron chi connectivity index (χ1n) is 6.03. The van der Waals surface area contributed by atoms with Crippen LogP contribution in [0.25, 0.3) is 0 Å². The SMILES string of the molecule is CNc1nccc(C(=O)Nc2cc(Br)cc(OC)c2)c1F. The largest absolute Gasteiger partial charge is 0.497 e. The fourth-order valence-electron chi connectivity index (χ4n) is 1.74. The van der Waals surface area contributed by atoms with Crippen LogP contribution in [0.5, 0.6) is 5.75 Å². The second-order valence-corrected chi connectivity index (χ2v) is 5.02. The van der Waals surface area contributed by atoms with Crippen molar-refractivity contribution in [2.75, 3.05) is 24.8 Å². The minimum Gasteiger partial charge on any atom is -0.497 e. The Labute approximate surface area is 129 Å². The van der Waals surface area contributed by atoms with Gasteiger partial charge in [0.05, 0.1) is 12.7 Å². The van der Waals surface area contributed by atoms with Gasteiger partial charge in [0.25, 0.3) is 5.91 Å². The first-order chi connectivity index (χ1) is 10.0. The minimum atomic E-state index is -0.695. The zero-order valence-corrected chi connectivity index (χ0v) is 13.0. The number of hydrogen-bond acceptors (Lipinski definition) is 4. The van der Waals surface area contributed by atoms with Crippen LogP contribution in [-0.2, 0) is 0 Å². The lowest BCUT2D eigenvalue weighted by atomic mass is 10.2. The first kappa shape index (κ1) is 15.2. The smallest absolute Gasteiger partial charge is 0.258 e. The molecule has 0 aliphatic rings. The molecule has 0 aliphatic heterocycles. The van der Waals surface area contributed by atoms with Gasteiger partial charge in [-0.2, -0.15) is 0 Å². The van der Waals surface area contributed by atoms with Crippen molar-refractivity contribution in [1.82, 2.24) is 4.98 Å². The number of methoxy groups -OCH3 is 1. The lowest BCUT2D eigenvalue weighted by molar-refractivity contribution is 0.102. The van der Waals surface area contributed by atoms with Gasteiger partial charge in [0.1, 0.15) is 5.75 Å². The van der Waals surface area contributed by atoms with E-state index in [1.807, 2.05) is 0 Å². The Morgan fingerprint density at radius 2 is 2.14 bits per heavy atom. The molecule has 0 saturated carbocycles. The highest BCUT2D eigenvalue weighted by molar-refractivity contribution is 9.10. The number of carbonyl (C=O) groups is 1. The number of hydrogen-bond donors (Lipinski definition) is 2. The summed E-state index contributed by atoms with van der Waals surface area (Å²) in [5.74, 6) is -0.661. The third kappa shape index (κ3) is 3.49. The molecule has 21 heavy (non-hydrogen) atoms. The molecule has 0 unspecified atom stereocenters. The van der Waals surface area contributed by atoms with Gasteiger partial charge in [0.2, 0.25) is 0 Å². The van der Waals surface area contributed by atoms with Gasteiger partial charge in [-0.1, -0.05) is 15.9 Å². The Kier molecular flexibility index (Phi) is 4.74. The molecule has 2 N–H and O–H groups in total. The maximum atomic E-state index is 14.0.